The first kappa shape index (κ1) is 21.2. The Labute approximate surface area is 169 Å². The average Bonchev–Trinajstić information content (AvgIpc) is 3.00. The maximum Gasteiger partial charge on any atom is 0.261 e. The summed E-state index contributed by atoms with van der Waals surface area (Å²) in [5, 5.41) is 2.64. The lowest BCUT2D eigenvalue weighted by atomic mass is 10.2. The van der Waals surface area contributed by atoms with Gasteiger partial charge in [0.25, 0.3) is 10.0 Å². The van der Waals surface area contributed by atoms with Crippen LogP contribution in [0.3, 0.4) is 0 Å². The van der Waals surface area contributed by atoms with Crippen molar-refractivity contribution in [2.75, 3.05) is 23.8 Å². The predicted octanol–water partition coefficient (Wildman–Crippen LogP) is 1.30. The molecule has 1 heterocycles. The van der Waals surface area contributed by atoms with Crippen LogP contribution in [0.1, 0.15) is 12.5 Å². The van der Waals surface area contributed by atoms with Crippen LogP contribution in [0.2, 0.25) is 0 Å². The van der Waals surface area contributed by atoms with Crippen molar-refractivity contribution in [1.82, 2.24) is 4.72 Å². The van der Waals surface area contributed by atoms with Gasteiger partial charge in [-0.15, -0.1) is 0 Å². The molecular formula is C18H21N3O6S2. The van der Waals surface area contributed by atoms with E-state index in [0.717, 1.165) is 0 Å². The zero-order valence-corrected chi connectivity index (χ0v) is 17.4. The van der Waals surface area contributed by atoms with E-state index in [1.807, 2.05) is 0 Å². The van der Waals surface area contributed by atoms with Crippen LogP contribution in [-0.2, 0) is 36.0 Å². The van der Waals surface area contributed by atoms with E-state index in [2.05, 4.69) is 14.8 Å². The third kappa shape index (κ3) is 4.93. The summed E-state index contributed by atoms with van der Waals surface area (Å²) in [6.07, 6.45) is 0.125. The minimum Gasteiger partial charge on any atom is -0.383 e. The van der Waals surface area contributed by atoms with E-state index in [1.54, 1.807) is 6.92 Å². The van der Waals surface area contributed by atoms with Gasteiger partial charge in [0.2, 0.25) is 15.9 Å². The van der Waals surface area contributed by atoms with Crippen LogP contribution in [-0.4, -0.2) is 42.5 Å². The molecule has 2 aromatic rings. The Hall–Kier alpha value is -2.47. The summed E-state index contributed by atoms with van der Waals surface area (Å²) in [4.78, 5) is 11.4. The number of anilines is 2. The fourth-order valence-corrected chi connectivity index (χ4v) is 5.24. The molecule has 0 saturated carbocycles. The molecule has 0 spiro atoms. The molecule has 0 fully saturated rings. The van der Waals surface area contributed by atoms with E-state index in [1.165, 1.54) is 49.6 Å². The lowest BCUT2D eigenvalue weighted by Crippen LogP contribution is -2.35. The zero-order chi connectivity index (χ0) is 21.2. The number of amides is 1. The zero-order valence-electron chi connectivity index (χ0n) is 15.8. The third-order valence-corrected chi connectivity index (χ3v) is 7.19. The number of sulfonamides is 2. The van der Waals surface area contributed by atoms with Crippen molar-refractivity contribution in [2.45, 2.75) is 29.2 Å². The molecule has 3 rings (SSSR count). The molecule has 11 heteroatoms. The summed E-state index contributed by atoms with van der Waals surface area (Å²) in [6, 6.07) is 9.32. The number of benzene rings is 2. The largest absolute Gasteiger partial charge is 0.383 e. The van der Waals surface area contributed by atoms with Crippen molar-refractivity contribution < 1.29 is 26.4 Å². The molecule has 156 valence electrons. The summed E-state index contributed by atoms with van der Waals surface area (Å²) in [6.45, 7) is 1.89. The molecule has 1 amide bonds. The number of hydrogen-bond acceptors (Lipinski definition) is 6. The molecule has 1 unspecified atom stereocenters. The van der Waals surface area contributed by atoms with Crippen molar-refractivity contribution in [3.05, 3.63) is 48.0 Å². The van der Waals surface area contributed by atoms with Crippen LogP contribution >= 0.6 is 0 Å². The van der Waals surface area contributed by atoms with E-state index in [4.69, 9.17) is 4.74 Å². The van der Waals surface area contributed by atoms with Gasteiger partial charge in [-0.2, -0.15) is 0 Å². The SMILES string of the molecule is COCC(C)NS(=O)(=O)c1ccc(NS(=O)(=O)c2ccc3c(c2)CC(=O)N3)cc1. The smallest absolute Gasteiger partial charge is 0.261 e. The molecule has 1 aliphatic heterocycles. The predicted molar refractivity (Wildman–Crippen MR) is 108 cm³/mol. The number of carbonyl (C=O) groups is 1. The Bertz CT molecular complexity index is 1130. The lowest BCUT2D eigenvalue weighted by Gasteiger charge is -2.14. The summed E-state index contributed by atoms with van der Waals surface area (Å²) in [5.41, 5.74) is 1.41. The number of ether oxygens (including phenoxy) is 1. The standard InChI is InChI=1S/C18H21N3O6S2/c1-12(11-27-2)20-28(23,24)15-5-3-14(4-6-15)21-29(25,26)16-7-8-17-13(9-16)10-18(22)19-17/h3-9,12,20-21H,10-11H2,1-2H3,(H,19,22). The Kier molecular flexibility index (Phi) is 5.94. The highest BCUT2D eigenvalue weighted by atomic mass is 32.2. The molecule has 0 saturated heterocycles. The Morgan fingerprint density at radius 3 is 2.34 bits per heavy atom. The van der Waals surface area contributed by atoms with Gasteiger partial charge in [0, 0.05) is 24.5 Å². The van der Waals surface area contributed by atoms with E-state index in [0.29, 0.717) is 11.3 Å². The van der Waals surface area contributed by atoms with E-state index < -0.39 is 26.1 Å². The maximum absolute atomic E-state index is 12.6. The molecule has 0 aromatic heterocycles. The Morgan fingerprint density at radius 2 is 1.69 bits per heavy atom. The van der Waals surface area contributed by atoms with Gasteiger partial charge >= 0.3 is 0 Å². The van der Waals surface area contributed by atoms with Crippen molar-refractivity contribution >= 4 is 37.3 Å². The molecular weight excluding hydrogens is 418 g/mol. The molecule has 3 N–H and O–H groups in total. The van der Waals surface area contributed by atoms with Gasteiger partial charge in [0.05, 0.1) is 22.8 Å². The van der Waals surface area contributed by atoms with E-state index >= 15 is 0 Å². The first-order valence-electron chi connectivity index (χ1n) is 8.67. The van der Waals surface area contributed by atoms with Crippen LogP contribution in [0.5, 0.6) is 0 Å². The average molecular weight is 440 g/mol. The van der Waals surface area contributed by atoms with Crippen LogP contribution in [0, 0.1) is 0 Å². The molecule has 0 radical (unpaired) electrons. The fraction of sp³-hybridized carbons (Fsp3) is 0.278. The second-order valence-electron chi connectivity index (χ2n) is 6.65. The maximum atomic E-state index is 12.6. The molecule has 1 aliphatic rings. The van der Waals surface area contributed by atoms with Gasteiger partial charge in [-0.05, 0) is 55.0 Å². The molecule has 1 atom stereocenters. The third-order valence-electron chi connectivity index (χ3n) is 4.20. The molecule has 29 heavy (non-hydrogen) atoms. The highest BCUT2D eigenvalue weighted by Gasteiger charge is 2.22. The molecule has 2 aromatic carbocycles. The normalized spacial score (nSPS) is 14.9. The summed E-state index contributed by atoms with van der Waals surface area (Å²) >= 11 is 0. The monoisotopic (exact) mass is 439 g/mol. The van der Waals surface area contributed by atoms with Gasteiger partial charge in [0.15, 0.2) is 0 Å². The van der Waals surface area contributed by atoms with E-state index in [9.17, 15) is 21.6 Å². The second kappa shape index (κ2) is 8.11. The van der Waals surface area contributed by atoms with Crippen molar-refractivity contribution in [1.29, 1.82) is 0 Å². The number of carbonyl (C=O) groups excluding carboxylic acids is 1. The number of nitrogens with one attached hydrogen (secondary N) is 3. The Morgan fingerprint density at radius 1 is 1.03 bits per heavy atom. The molecule has 0 bridgehead atoms. The van der Waals surface area contributed by atoms with Crippen LogP contribution in [0.4, 0.5) is 11.4 Å². The second-order valence-corrected chi connectivity index (χ2v) is 10.0. The van der Waals surface area contributed by atoms with Crippen molar-refractivity contribution in [2.24, 2.45) is 0 Å². The minimum absolute atomic E-state index is 0.00511. The quantitative estimate of drug-likeness (QED) is 0.568. The van der Waals surface area contributed by atoms with Gasteiger partial charge in [-0.1, -0.05) is 0 Å². The van der Waals surface area contributed by atoms with Crippen LogP contribution in [0.25, 0.3) is 0 Å². The number of fused-ring (bicyclic) bond motifs is 1. The highest BCUT2D eigenvalue weighted by Crippen LogP contribution is 2.27. The number of hydrogen-bond donors (Lipinski definition) is 3. The van der Waals surface area contributed by atoms with Crippen LogP contribution in [0.15, 0.2) is 52.3 Å². The first-order chi connectivity index (χ1) is 13.6. The van der Waals surface area contributed by atoms with E-state index in [-0.39, 0.29) is 34.4 Å². The first-order valence-corrected chi connectivity index (χ1v) is 11.6. The highest BCUT2D eigenvalue weighted by molar-refractivity contribution is 7.92. The summed E-state index contributed by atoms with van der Waals surface area (Å²) in [5.74, 6) is -0.187. The summed E-state index contributed by atoms with van der Waals surface area (Å²) in [7, 11) is -6.18. The van der Waals surface area contributed by atoms with Gasteiger partial charge in [0.1, 0.15) is 0 Å². The Balaban J connectivity index is 1.75. The topological polar surface area (TPSA) is 131 Å². The molecule has 9 nitrogen and oxygen atoms in total. The van der Waals surface area contributed by atoms with Crippen LogP contribution < -0.4 is 14.8 Å². The lowest BCUT2D eigenvalue weighted by molar-refractivity contribution is -0.115. The van der Waals surface area contributed by atoms with Gasteiger partial charge in [-0.3, -0.25) is 9.52 Å². The van der Waals surface area contributed by atoms with Crippen molar-refractivity contribution in [3.8, 4) is 0 Å². The fourth-order valence-electron chi connectivity index (χ4n) is 2.91. The minimum atomic E-state index is -3.90. The number of rotatable bonds is 8. The van der Waals surface area contributed by atoms with Gasteiger partial charge in [-0.25, -0.2) is 21.6 Å². The van der Waals surface area contributed by atoms with Gasteiger partial charge < -0.3 is 10.1 Å². The van der Waals surface area contributed by atoms with Crippen molar-refractivity contribution in [3.63, 3.8) is 0 Å². The molecule has 0 aliphatic carbocycles. The summed E-state index contributed by atoms with van der Waals surface area (Å²) < 4.78 is 59.7. The number of methoxy groups -OCH3 is 1.